The van der Waals surface area contributed by atoms with Gasteiger partial charge < -0.3 is 9.47 Å². The summed E-state index contributed by atoms with van der Waals surface area (Å²) in [5.74, 6) is 1.88. The molecule has 0 heterocycles. The molecule has 0 aliphatic carbocycles. The van der Waals surface area contributed by atoms with E-state index in [4.69, 9.17) is 9.47 Å². The summed E-state index contributed by atoms with van der Waals surface area (Å²) in [5.41, 5.74) is 3.64. The van der Waals surface area contributed by atoms with Crippen LogP contribution in [0.1, 0.15) is 36.5 Å². The van der Waals surface area contributed by atoms with Crippen molar-refractivity contribution in [3.05, 3.63) is 120 Å². The molecule has 0 aliphatic rings. The molecule has 2 heteroatoms. The summed E-state index contributed by atoms with van der Waals surface area (Å²) >= 11 is 0. The van der Waals surface area contributed by atoms with Crippen LogP contribution in [0.4, 0.5) is 0 Å². The smallest absolute Gasteiger partial charge is 0.136 e. The molecule has 0 amide bonds. The number of unbranched alkanes of at least 4 members (excludes halogenated alkanes) is 1. The standard InChI is InChI=1S/C32H30O2/c1-2-3-17-26-18-12-21-29-30(26)32(34-23-25-15-8-5-9-16-25)28-20-11-10-19-27(28)31(29)33-22-24-13-6-4-7-14-24/h4-16,18-21H,2-3,17,22-23H2,1H3. The van der Waals surface area contributed by atoms with Crippen molar-refractivity contribution in [2.75, 3.05) is 0 Å². The maximum absolute atomic E-state index is 6.60. The fourth-order valence-electron chi connectivity index (χ4n) is 4.56. The van der Waals surface area contributed by atoms with Crippen LogP contribution in [0, 0.1) is 0 Å². The second kappa shape index (κ2) is 10.4. The Morgan fingerprint density at radius 1 is 0.529 bits per heavy atom. The van der Waals surface area contributed by atoms with Gasteiger partial charge in [0.15, 0.2) is 0 Å². The van der Waals surface area contributed by atoms with Crippen LogP contribution in [0.2, 0.25) is 0 Å². The first-order chi connectivity index (χ1) is 16.8. The van der Waals surface area contributed by atoms with E-state index in [1.807, 2.05) is 12.1 Å². The highest BCUT2D eigenvalue weighted by molar-refractivity contribution is 6.12. The van der Waals surface area contributed by atoms with Gasteiger partial charge in [0, 0.05) is 21.5 Å². The highest BCUT2D eigenvalue weighted by Crippen LogP contribution is 2.45. The predicted octanol–water partition coefficient (Wildman–Crippen LogP) is 8.49. The topological polar surface area (TPSA) is 18.5 Å². The normalized spacial score (nSPS) is 11.1. The second-order valence-corrected chi connectivity index (χ2v) is 8.70. The van der Waals surface area contributed by atoms with E-state index in [9.17, 15) is 0 Å². The van der Waals surface area contributed by atoms with E-state index in [1.54, 1.807) is 0 Å². The minimum Gasteiger partial charge on any atom is -0.488 e. The largest absolute Gasteiger partial charge is 0.488 e. The van der Waals surface area contributed by atoms with Crippen molar-refractivity contribution < 1.29 is 9.47 Å². The summed E-state index contributed by atoms with van der Waals surface area (Å²) < 4.78 is 13.1. The third-order valence-electron chi connectivity index (χ3n) is 6.29. The second-order valence-electron chi connectivity index (χ2n) is 8.70. The Morgan fingerprint density at radius 3 is 1.68 bits per heavy atom. The predicted molar refractivity (Wildman–Crippen MR) is 142 cm³/mol. The molecule has 0 saturated heterocycles. The van der Waals surface area contributed by atoms with Gasteiger partial charge in [0.2, 0.25) is 0 Å². The molecule has 5 aromatic rings. The molecule has 0 fully saturated rings. The zero-order chi connectivity index (χ0) is 23.2. The molecule has 0 spiro atoms. The molecule has 0 N–H and O–H groups in total. The van der Waals surface area contributed by atoms with E-state index in [1.165, 1.54) is 10.9 Å². The molecule has 0 atom stereocenters. The average molecular weight is 447 g/mol. The number of fused-ring (bicyclic) bond motifs is 2. The Balaban J connectivity index is 1.67. The molecule has 5 rings (SSSR count). The summed E-state index contributed by atoms with van der Waals surface area (Å²) in [7, 11) is 0. The summed E-state index contributed by atoms with van der Waals surface area (Å²) in [5, 5.41) is 4.47. The summed E-state index contributed by atoms with van der Waals surface area (Å²) in [6.07, 6.45) is 3.32. The minimum atomic E-state index is 0.531. The van der Waals surface area contributed by atoms with Crippen molar-refractivity contribution in [1.29, 1.82) is 0 Å². The maximum atomic E-state index is 6.60. The quantitative estimate of drug-likeness (QED) is 0.211. The molecule has 34 heavy (non-hydrogen) atoms. The summed E-state index contributed by atoms with van der Waals surface area (Å²) in [6, 6.07) is 35.7. The molecule has 0 aromatic heterocycles. The number of ether oxygens (including phenoxy) is 2. The van der Waals surface area contributed by atoms with Crippen LogP contribution in [-0.4, -0.2) is 0 Å². The third kappa shape index (κ3) is 4.63. The number of hydrogen-bond donors (Lipinski definition) is 0. The van der Waals surface area contributed by atoms with E-state index in [0.29, 0.717) is 13.2 Å². The Labute approximate surface area is 201 Å². The monoisotopic (exact) mass is 446 g/mol. The van der Waals surface area contributed by atoms with Crippen molar-refractivity contribution >= 4 is 21.5 Å². The van der Waals surface area contributed by atoms with Crippen LogP contribution in [-0.2, 0) is 19.6 Å². The molecular formula is C32H30O2. The molecule has 0 saturated carbocycles. The van der Waals surface area contributed by atoms with Crippen molar-refractivity contribution in [2.45, 2.75) is 39.4 Å². The fourth-order valence-corrected chi connectivity index (χ4v) is 4.56. The van der Waals surface area contributed by atoms with Crippen molar-refractivity contribution in [3.63, 3.8) is 0 Å². The molecule has 2 nitrogen and oxygen atoms in total. The van der Waals surface area contributed by atoms with Gasteiger partial charge in [-0.05, 0) is 29.5 Å². The number of benzene rings is 5. The number of hydrogen-bond acceptors (Lipinski definition) is 2. The molecule has 0 radical (unpaired) electrons. The van der Waals surface area contributed by atoms with Crippen molar-refractivity contribution in [2.24, 2.45) is 0 Å². The lowest BCUT2D eigenvalue weighted by Crippen LogP contribution is -2.02. The van der Waals surface area contributed by atoms with Gasteiger partial charge in [-0.2, -0.15) is 0 Å². The van der Waals surface area contributed by atoms with Gasteiger partial charge in [-0.3, -0.25) is 0 Å². The number of rotatable bonds is 9. The lowest BCUT2D eigenvalue weighted by atomic mass is 9.94. The van der Waals surface area contributed by atoms with Gasteiger partial charge in [0.1, 0.15) is 24.7 Å². The van der Waals surface area contributed by atoms with Gasteiger partial charge in [-0.25, -0.2) is 0 Å². The molecule has 0 aliphatic heterocycles. The van der Waals surface area contributed by atoms with Gasteiger partial charge in [0.05, 0.1) is 0 Å². The van der Waals surface area contributed by atoms with E-state index in [-0.39, 0.29) is 0 Å². The van der Waals surface area contributed by atoms with E-state index in [0.717, 1.165) is 58.0 Å². The van der Waals surface area contributed by atoms with E-state index >= 15 is 0 Å². The van der Waals surface area contributed by atoms with Crippen molar-refractivity contribution in [1.82, 2.24) is 0 Å². The van der Waals surface area contributed by atoms with Crippen molar-refractivity contribution in [3.8, 4) is 11.5 Å². The first kappa shape index (κ1) is 22.0. The Hall–Kier alpha value is -3.78. The highest BCUT2D eigenvalue weighted by atomic mass is 16.5. The molecule has 170 valence electrons. The maximum Gasteiger partial charge on any atom is 0.136 e. The van der Waals surface area contributed by atoms with Crippen LogP contribution in [0.5, 0.6) is 11.5 Å². The van der Waals surface area contributed by atoms with E-state index < -0.39 is 0 Å². The summed E-state index contributed by atoms with van der Waals surface area (Å²) in [6.45, 7) is 3.30. The van der Waals surface area contributed by atoms with Gasteiger partial charge in [-0.15, -0.1) is 0 Å². The van der Waals surface area contributed by atoms with Crippen LogP contribution in [0.15, 0.2) is 103 Å². The number of aryl methyl sites for hydroxylation is 1. The zero-order valence-corrected chi connectivity index (χ0v) is 19.7. The average Bonchev–Trinajstić information content (AvgIpc) is 2.90. The Kier molecular flexibility index (Phi) is 6.76. The van der Waals surface area contributed by atoms with E-state index in [2.05, 4.69) is 97.9 Å². The Morgan fingerprint density at radius 2 is 1.06 bits per heavy atom. The van der Waals surface area contributed by atoms with Gasteiger partial charge in [-0.1, -0.05) is 116 Å². The SMILES string of the molecule is CCCCc1cccc2c(OCc3ccccc3)c3ccccc3c(OCc3ccccc3)c12. The van der Waals surface area contributed by atoms with Gasteiger partial charge >= 0.3 is 0 Å². The Bertz CT molecular complexity index is 1370. The molecule has 0 unspecified atom stereocenters. The summed E-state index contributed by atoms with van der Waals surface area (Å²) in [4.78, 5) is 0. The third-order valence-corrected chi connectivity index (χ3v) is 6.29. The van der Waals surface area contributed by atoms with Gasteiger partial charge in [0.25, 0.3) is 0 Å². The molecule has 0 bridgehead atoms. The van der Waals surface area contributed by atoms with Crippen LogP contribution < -0.4 is 9.47 Å². The zero-order valence-electron chi connectivity index (χ0n) is 19.7. The lowest BCUT2D eigenvalue weighted by Gasteiger charge is -2.20. The first-order valence-corrected chi connectivity index (χ1v) is 12.1. The van der Waals surface area contributed by atoms with Crippen LogP contribution in [0.25, 0.3) is 21.5 Å². The molecular weight excluding hydrogens is 416 g/mol. The first-order valence-electron chi connectivity index (χ1n) is 12.1. The lowest BCUT2D eigenvalue weighted by molar-refractivity contribution is 0.308. The molecule has 5 aromatic carbocycles. The minimum absolute atomic E-state index is 0.531. The highest BCUT2D eigenvalue weighted by Gasteiger charge is 2.19. The fraction of sp³-hybridized carbons (Fsp3) is 0.188. The van der Waals surface area contributed by atoms with Crippen LogP contribution >= 0.6 is 0 Å². The van der Waals surface area contributed by atoms with Crippen LogP contribution in [0.3, 0.4) is 0 Å².